The van der Waals surface area contributed by atoms with Gasteiger partial charge in [0, 0.05) is 11.5 Å². The Morgan fingerprint density at radius 3 is 2.83 bits per heavy atom. The second kappa shape index (κ2) is 3.40. The van der Waals surface area contributed by atoms with E-state index in [1.807, 2.05) is 11.8 Å². The summed E-state index contributed by atoms with van der Waals surface area (Å²) >= 11 is 1.96. The van der Waals surface area contributed by atoms with Gasteiger partial charge in [-0.15, -0.1) is 0 Å². The molecule has 2 nitrogen and oxygen atoms in total. The first kappa shape index (κ1) is 11.1. The van der Waals surface area contributed by atoms with E-state index in [0.717, 1.165) is 13.2 Å². The van der Waals surface area contributed by atoms with Gasteiger partial charge < -0.3 is 4.74 Å². The molecule has 2 heterocycles. The van der Waals surface area contributed by atoms with E-state index < -0.39 is 0 Å². The van der Waals surface area contributed by atoms with Gasteiger partial charge in [-0.2, -0.15) is 0 Å². The number of aliphatic imine (C=N–C) groups is 1. The van der Waals surface area contributed by atoms with Gasteiger partial charge in [0.1, 0.15) is 0 Å². The molecule has 3 heteroatoms. The van der Waals surface area contributed by atoms with Crippen molar-refractivity contribution in [2.45, 2.75) is 24.6 Å². The van der Waals surface area contributed by atoms with Crippen molar-refractivity contribution in [2.24, 2.45) is 16.3 Å². The minimum atomic E-state index is 0.245. The molecule has 1 aromatic rings. The zero-order valence-corrected chi connectivity index (χ0v) is 11.5. The molecule has 3 atom stereocenters. The summed E-state index contributed by atoms with van der Waals surface area (Å²) in [6.45, 7) is 6.46. The second-order valence-corrected chi connectivity index (χ2v) is 7.50. The van der Waals surface area contributed by atoms with Crippen LogP contribution < -0.4 is 0 Å². The summed E-state index contributed by atoms with van der Waals surface area (Å²) in [4.78, 5) is 5.01. The lowest BCUT2D eigenvalue weighted by molar-refractivity contribution is 0.0242. The highest BCUT2D eigenvalue weighted by Gasteiger charge is 2.72. The molecule has 0 N–H and O–H groups in total. The summed E-state index contributed by atoms with van der Waals surface area (Å²) in [6, 6.07) is 11.0. The average molecular weight is 259 g/mol. The Bertz CT molecular complexity index is 525. The van der Waals surface area contributed by atoms with Crippen molar-refractivity contribution in [3.05, 3.63) is 35.9 Å². The zero-order chi connectivity index (χ0) is 12.4. The zero-order valence-electron chi connectivity index (χ0n) is 10.7. The minimum Gasteiger partial charge on any atom is -0.380 e. The molecule has 0 aromatic heterocycles. The van der Waals surface area contributed by atoms with Crippen molar-refractivity contribution >= 4 is 16.8 Å². The first-order valence-corrected chi connectivity index (χ1v) is 7.36. The predicted molar refractivity (Wildman–Crippen MR) is 75.2 cm³/mol. The number of ether oxygens (including phenoxy) is 1. The van der Waals surface area contributed by atoms with Gasteiger partial charge in [-0.1, -0.05) is 55.9 Å². The van der Waals surface area contributed by atoms with E-state index in [9.17, 15) is 0 Å². The van der Waals surface area contributed by atoms with Crippen LogP contribution in [0, 0.1) is 11.3 Å². The lowest BCUT2D eigenvalue weighted by atomic mass is 9.53. The van der Waals surface area contributed by atoms with Gasteiger partial charge in [-0.05, 0) is 5.41 Å². The van der Waals surface area contributed by atoms with E-state index in [0.29, 0.717) is 17.4 Å². The Labute approximate surface area is 112 Å². The van der Waals surface area contributed by atoms with E-state index in [4.69, 9.17) is 9.73 Å². The highest BCUT2D eigenvalue weighted by atomic mass is 32.2. The largest absolute Gasteiger partial charge is 0.380 e. The highest BCUT2D eigenvalue weighted by molar-refractivity contribution is 8.16. The number of benzene rings is 1. The Kier molecular flexibility index (Phi) is 2.09. The molecule has 94 valence electrons. The molecule has 18 heavy (non-hydrogen) atoms. The Balaban J connectivity index is 1.74. The monoisotopic (exact) mass is 259 g/mol. The minimum absolute atomic E-state index is 0.245. The van der Waals surface area contributed by atoms with Gasteiger partial charge in [0.05, 0.1) is 29.0 Å². The van der Waals surface area contributed by atoms with Crippen molar-refractivity contribution < 1.29 is 4.74 Å². The molecule has 2 fully saturated rings. The molecule has 3 aliphatic rings. The SMILES string of the molecule is CC1(C)[C@@H]2COC[C@@]23SC(c2ccccc2)=N[C@@H]13. The number of thioether (sulfide) groups is 1. The van der Waals surface area contributed by atoms with Crippen molar-refractivity contribution in [3.63, 3.8) is 0 Å². The summed E-state index contributed by atoms with van der Waals surface area (Å²) in [5.74, 6) is 0.657. The molecule has 1 aromatic carbocycles. The maximum atomic E-state index is 5.76. The number of hydrogen-bond acceptors (Lipinski definition) is 3. The van der Waals surface area contributed by atoms with Crippen LogP contribution in [0.4, 0.5) is 0 Å². The third-order valence-electron chi connectivity index (χ3n) is 4.82. The van der Waals surface area contributed by atoms with Gasteiger partial charge in [-0.25, -0.2) is 0 Å². The Morgan fingerprint density at radius 2 is 2.06 bits per heavy atom. The van der Waals surface area contributed by atoms with E-state index in [2.05, 4.69) is 44.2 Å². The average Bonchev–Trinajstić information content (AvgIpc) is 2.94. The third kappa shape index (κ3) is 1.17. The fraction of sp³-hybridized carbons (Fsp3) is 0.533. The molecule has 0 unspecified atom stereocenters. The maximum Gasteiger partial charge on any atom is 0.0988 e. The van der Waals surface area contributed by atoms with Crippen LogP contribution in [0.3, 0.4) is 0 Å². The Morgan fingerprint density at radius 1 is 1.28 bits per heavy atom. The van der Waals surface area contributed by atoms with Crippen LogP contribution in [0.1, 0.15) is 19.4 Å². The molecule has 1 saturated heterocycles. The summed E-state index contributed by atoms with van der Waals surface area (Å²) in [7, 11) is 0. The molecule has 1 spiro atoms. The molecule has 2 aliphatic heterocycles. The van der Waals surface area contributed by atoms with Gasteiger partial charge >= 0.3 is 0 Å². The topological polar surface area (TPSA) is 21.6 Å². The van der Waals surface area contributed by atoms with Crippen LogP contribution in [-0.2, 0) is 4.74 Å². The molecule has 0 bridgehead atoms. The quantitative estimate of drug-likeness (QED) is 0.773. The van der Waals surface area contributed by atoms with Gasteiger partial charge in [0.25, 0.3) is 0 Å². The van der Waals surface area contributed by atoms with Crippen molar-refractivity contribution in [2.75, 3.05) is 13.2 Å². The van der Waals surface area contributed by atoms with Crippen LogP contribution in [-0.4, -0.2) is 29.0 Å². The van der Waals surface area contributed by atoms with E-state index in [-0.39, 0.29) is 4.75 Å². The summed E-state index contributed by atoms with van der Waals surface area (Å²) in [5, 5.41) is 1.21. The van der Waals surface area contributed by atoms with Crippen LogP contribution >= 0.6 is 11.8 Å². The van der Waals surface area contributed by atoms with Crippen molar-refractivity contribution in [1.29, 1.82) is 0 Å². The summed E-state index contributed by atoms with van der Waals surface area (Å²) in [5.41, 5.74) is 1.55. The van der Waals surface area contributed by atoms with E-state index in [1.165, 1.54) is 10.6 Å². The van der Waals surface area contributed by atoms with Gasteiger partial charge in [-0.3, -0.25) is 4.99 Å². The van der Waals surface area contributed by atoms with Crippen molar-refractivity contribution in [3.8, 4) is 0 Å². The van der Waals surface area contributed by atoms with E-state index in [1.54, 1.807) is 0 Å². The van der Waals surface area contributed by atoms with Crippen LogP contribution in [0.5, 0.6) is 0 Å². The van der Waals surface area contributed by atoms with Crippen molar-refractivity contribution in [1.82, 2.24) is 0 Å². The summed E-state index contributed by atoms with van der Waals surface area (Å²) in [6.07, 6.45) is 0. The van der Waals surface area contributed by atoms with Crippen LogP contribution in [0.25, 0.3) is 0 Å². The molecular formula is C15H17NOS. The second-order valence-electron chi connectivity index (χ2n) is 6.15. The maximum absolute atomic E-state index is 5.76. The predicted octanol–water partition coefficient (Wildman–Crippen LogP) is 2.97. The molecule has 1 saturated carbocycles. The van der Waals surface area contributed by atoms with Crippen LogP contribution in [0.15, 0.2) is 35.3 Å². The number of rotatable bonds is 1. The third-order valence-corrected chi connectivity index (χ3v) is 6.36. The van der Waals surface area contributed by atoms with Gasteiger partial charge in [0.15, 0.2) is 0 Å². The Hall–Kier alpha value is -0.800. The lowest BCUT2D eigenvalue weighted by Crippen LogP contribution is -2.66. The number of nitrogens with zero attached hydrogens (tertiary/aromatic N) is 1. The van der Waals surface area contributed by atoms with Gasteiger partial charge in [0.2, 0.25) is 0 Å². The fourth-order valence-corrected chi connectivity index (χ4v) is 5.78. The smallest absolute Gasteiger partial charge is 0.0988 e. The van der Waals surface area contributed by atoms with E-state index >= 15 is 0 Å². The number of hydrogen-bond donors (Lipinski definition) is 0. The molecule has 1 aliphatic carbocycles. The first-order valence-electron chi connectivity index (χ1n) is 6.54. The molecular weight excluding hydrogens is 242 g/mol. The molecule has 0 amide bonds. The molecule has 0 radical (unpaired) electrons. The normalized spacial score (nSPS) is 39.8. The first-order chi connectivity index (χ1) is 8.64. The van der Waals surface area contributed by atoms with Crippen LogP contribution in [0.2, 0.25) is 0 Å². The highest BCUT2D eigenvalue weighted by Crippen LogP contribution is 2.67. The standard InChI is InChI=1S/C15H17NOS/c1-14(2)11-8-17-9-15(11)13(14)16-12(18-15)10-6-4-3-5-7-10/h3-7,11,13H,8-9H2,1-2H3/t11-,13-,15+/m0/s1. The lowest BCUT2D eigenvalue weighted by Gasteiger charge is -2.57. The molecule has 4 rings (SSSR count). The summed E-state index contributed by atoms with van der Waals surface area (Å²) < 4.78 is 6.01. The fourth-order valence-electron chi connectivity index (χ4n) is 3.89.